The van der Waals surface area contributed by atoms with Crippen LogP contribution in [0.25, 0.3) is 0 Å². The molecule has 0 aromatic heterocycles. The molecule has 0 heterocycles. The van der Waals surface area contributed by atoms with Gasteiger partial charge in [-0.2, -0.15) is 0 Å². The molecule has 0 unspecified atom stereocenters. The van der Waals surface area contributed by atoms with Gasteiger partial charge >= 0.3 is 7.82 Å². The van der Waals surface area contributed by atoms with Crippen LogP contribution < -0.4 is 0 Å². The molecule has 0 aromatic carbocycles. The first-order valence-electron chi connectivity index (χ1n) is 16.7. The van der Waals surface area contributed by atoms with E-state index in [0.717, 1.165) is 25.7 Å². The van der Waals surface area contributed by atoms with E-state index in [1.165, 1.54) is 154 Å². The summed E-state index contributed by atoms with van der Waals surface area (Å²) in [7, 11) is -3.87. The van der Waals surface area contributed by atoms with Crippen LogP contribution in [0.3, 0.4) is 0 Å². The quantitative estimate of drug-likeness (QED) is 0.0467. The summed E-state index contributed by atoms with van der Waals surface area (Å²) in [6.07, 6.45) is 36.4. The second-order valence-corrected chi connectivity index (χ2v) is 12.8. The minimum Gasteiger partial charge on any atom is -0.302 e. The number of hydrogen-bond acceptors (Lipinski definition) is 3. The summed E-state index contributed by atoms with van der Waals surface area (Å²) in [4.78, 5) is 9.83. The standard InChI is InChI=1S/C32H67O4P.Zn/c1-3-5-7-9-11-13-15-17-19-21-23-25-27-29-31-35-37(33,34)36-32-30-28-26-24-22-20-18-16-14-12-10-8-6-4-2;/h3-32H2,1-2H3,(H,33,34);. The number of hydrogen-bond donors (Lipinski definition) is 1. The molecular formula is C32H67O4PZn. The van der Waals surface area contributed by atoms with Crippen LogP contribution in [0.1, 0.15) is 194 Å². The number of phosphoric ester groups is 1. The third kappa shape index (κ3) is 34.8. The first kappa shape index (κ1) is 40.9. The van der Waals surface area contributed by atoms with Crippen molar-refractivity contribution in [3.8, 4) is 0 Å². The van der Waals surface area contributed by atoms with Crippen LogP contribution in [-0.4, -0.2) is 18.1 Å². The second-order valence-electron chi connectivity index (χ2n) is 11.3. The van der Waals surface area contributed by atoms with Gasteiger partial charge in [0.25, 0.3) is 0 Å². The van der Waals surface area contributed by atoms with E-state index in [1.54, 1.807) is 0 Å². The minimum atomic E-state index is -3.87. The molecule has 0 saturated heterocycles. The molecule has 0 spiro atoms. The van der Waals surface area contributed by atoms with E-state index >= 15 is 0 Å². The van der Waals surface area contributed by atoms with Gasteiger partial charge in [0, 0.05) is 19.5 Å². The predicted octanol–water partition coefficient (Wildman–Crippen LogP) is 12.1. The topological polar surface area (TPSA) is 55.8 Å². The molecule has 6 heteroatoms. The zero-order chi connectivity index (χ0) is 27.1. The molecule has 0 rings (SSSR count). The fourth-order valence-electron chi connectivity index (χ4n) is 4.99. The Bertz CT molecular complexity index is 440. The maximum absolute atomic E-state index is 12.0. The number of rotatable bonds is 32. The zero-order valence-electron chi connectivity index (χ0n) is 26.0. The molecule has 4 nitrogen and oxygen atoms in total. The molecule has 0 bridgehead atoms. The van der Waals surface area contributed by atoms with Gasteiger partial charge in [-0.15, -0.1) is 0 Å². The van der Waals surface area contributed by atoms with Crippen molar-refractivity contribution in [1.29, 1.82) is 0 Å². The van der Waals surface area contributed by atoms with E-state index in [-0.39, 0.29) is 19.5 Å². The Morgan fingerprint density at radius 3 is 0.789 bits per heavy atom. The van der Waals surface area contributed by atoms with Crippen molar-refractivity contribution in [2.45, 2.75) is 194 Å². The second kappa shape index (κ2) is 33.9. The van der Waals surface area contributed by atoms with Crippen LogP contribution in [0.15, 0.2) is 0 Å². The average molecular weight is 612 g/mol. The van der Waals surface area contributed by atoms with Gasteiger partial charge in [-0.25, -0.2) is 4.57 Å². The van der Waals surface area contributed by atoms with Gasteiger partial charge in [0.05, 0.1) is 13.2 Å². The zero-order valence-corrected chi connectivity index (χ0v) is 29.9. The van der Waals surface area contributed by atoms with E-state index in [9.17, 15) is 9.46 Å². The Kier molecular flexibility index (Phi) is 36.5. The van der Waals surface area contributed by atoms with Crippen molar-refractivity contribution in [3.05, 3.63) is 0 Å². The largest absolute Gasteiger partial charge is 0.472 e. The van der Waals surface area contributed by atoms with Gasteiger partial charge in [-0.05, 0) is 12.8 Å². The smallest absolute Gasteiger partial charge is 0.302 e. The first-order valence-corrected chi connectivity index (χ1v) is 18.2. The fourth-order valence-corrected chi connectivity index (χ4v) is 5.78. The molecule has 0 atom stereocenters. The van der Waals surface area contributed by atoms with Crippen LogP contribution in [0.5, 0.6) is 0 Å². The molecule has 0 radical (unpaired) electrons. The molecule has 226 valence electrons. The number of phosphoric acid groups is 1. The van der Waals surface area contributed by atoms with E-state index in [2.05, 4.69) is 13.8 Å². The molecule has 0 aliphatic carbocycles. The summed E-state index contributed by atoms with van der Waals surface area (Å²) in [5.74, 6) is 0. The van der Waals surface area contributed by atoms with Crippen molar-refractivity contribution in [2.24, 2.45) is 0 Å². The SMILES string of the molecule is CCCCCCCCCCCCCCCCOP(=O)(O)OCCCCCCCCCCCCCCCC.[Zn]. The van der Waals surface area contributed by atoms with Crippen LogP contribution in [-0.2, 0) is 33.1 Å². The summed E-state index contributed by atoms with van der Waals surface area (Å²) < 4.78 is 22.3. The first-order chi connectivity index (χ1) is 18.1. The third-order valence-corrected chi connectivity index (χ3v) is 8.52. The molecule has 38 heavy (non-hydrogen) atoms. The fraction of sp³-hybridized carbons (Fsp3) is 1.00. The van der Waals surface area contributed by atoms with Gasteiger partial charge in [-0.1, -0.05) is 181 Å². The average Bonchev–Trinajstić information content (AvgIpc) is 2.88. The van der Waals surface area contributed by atoms with Crippen molar-refractivity contribution >= 4 is 7.82 Å². The Hall–Kier alpha value is 0.733. The maximum Gasteiger partial charge on any atom is 0.472 e. The van der Waals surface area contributed by atoms with Crippen molar-refractivity contribution in [3.63, 3.8) is 0 Å². The van der Waals surface area contributed by atoms with Gasteiger partial charge in [0.2, 0.25) is 0 Å². The maximum atomic E-state index is 12.0. The van der Waals surface area contributed by atoms with Crippen LogP contribution in [0, 0.1) is 0 Å². The van der Waals surface area contributed by atoms with Gasteiger partial charge in [0.15, 0.2) is 0 Å². The third-order valence-electron chi connectivity index (χ3n) is 7.50. The van der Waals surface area contributed by atoms with E-state index < -0.39 is 7.82 Å². The Morgan fingerprint density at radius 1 is 0.395 bits per heavy atom. The van der Waals surface area contributed by atoms with Crippen molar-refractivity contribution < 1.29 is 38.0 Å². The summed E-state index contributed by atoms with van der Waals surface area (Å²) >= 11 is 0. The van der Waals surface area contributed by atoms with E-state index in [1.807, 2.05) is 0 Å². The summed E-state index contributed by atoms with van der Waals surface area (Å²) in [6.45, 7) is 5.19. The van der Waals surface area contributed by atoms with Crippen LogP contribution >= 0.6 is 7.82 Å². The molecule has 1 N–H and O–H groups in total. The summed E-state index contributed by atoms with van der Waals surface area (Å²) in [5.41, 5.74) is 0. The molecule has 0 saturated carbocycles. The Labute approximate surface area is 252 Å². The molecule has 0 amide bonds. The van der Waals surface area contributed by atoms with Crippen molar-refractivity contribution in [1.82, 2.24) is 0 Å². The normalized spacial score (nSPS) is 11.7. The summed E-state index contributed by atoms with van der Waals surface area (Å²) in [6, 6.07) is 0. The number of unbranched alkanes of at least 4 members (excludes halogenated alkanes) is 26. The monoisotopic (exact) mass is 610 g/mol. The minimum absolute atomic E-state index is 0. The molecular weight excluding hydrogens is 545 g/mol. The molecule has 0 aromatic rings. The van der Waals surface area contributed by atoms with Crippen LogP contribution in [0.4, 0.5) is 0 Å². The Morgan fingerprint density at radius 2 is 0.579 bits per heavy atom. The van der Waals surface area contributed by atoms with E-state index in [0.29, 0.717) is 13.2 Å². The Balaban J connectivity index is 0. The van der Waals surface area contributed by atoms with E-state index in [4.69, 9.17) is 9.05 Å². The van der Waals surface area contributed by atoms with Gasteiger partial charge < -0.3 is 4.89 Å². The van der Waals surface area contributed by atoms with Crippen LogP contribution in [0.2, 0.25) is 0 Å². The molecule has 0 aliphatic rings. The molecule has 0 aliphatic heterocycles. The van der Waals surface area contributed by atoms with Gasteiger partial charge in [0.1, 0.15) is 0 Å². The van der Waals surface area contributed by atoms with Gasteiger partial charge in [-0.3, -0.25) is 9.05 Å². The molecule has 0 fully saturated rings. The summed E-state index contributed by atoms with van der Waals surface area (Å²) in [5, 5.41) is 0. The van der Waals surface area contributed by atoms with Crippen molar-refractivity contribution in [2.75, 3.05) is 13.2 Å². The predicted molar refractivity (Wildman–Crippen MR) is 162 cm³/mol.